The average Bonchev–Trinajstić information content (AvgIpc) is 2.22. The summed E-state index contributed by atoms with van der Waals surface area (Å²) < 4.78 is 20.3. The predicted molar refractivity (Wildman–Crippen MR) is 54.0 cm³/mol. The lowest BCUT2D eigenvalue weighted by Gasteiger charge is -2.09. The number of hydrogen-bond donors (Lipinski definition) is 0. The van der Waals surface area contributed by atoms with Gasteiger partial charge in [-0.1, -0.05) is 12.2 Å². The normalized spacial score (nSPS) is 16.0. The van der Waals surface area contributed by atoms with Gasteiger partial charge in [0.25, 0.3) is 0 Å². The first-order valence-corrected chi connectivity index (χ1v) is 4.64. The maximum atomic E-state index is 5.23. The summed E-state index contributed by atoms with van der Waals surface area (Å²) in [6.45, 7) is 4.74. The number of rotatable bonds is 8. The third-order valence-corrected chi connectivity index (χ3v) is 1.68. The molecule has 0 spiro atoms. The second kappa shape index (κ2) is 9.15. The molecule has 2 atom stereocenters. The van der Waals surface area contributed by atoms with Gasteiger partial charge in [0.05, 0.1) is 13.2 Å². The Bertz CT molecular complexity index is 131. The highest BCUT2D eigenvalue weighted by atomic mass is 16.7. The van der Waals surface area contributed by atoms with Gasteiger partial charge in [0.15, 0.2) is 12.6 Å². The molecule has 0 bridgehead atoms. The van der Waals surface area contributed by atoms with Gasteiger partial charge in [-0.05, 0) is 13.8 Å². The third kappa shape index (κ3) is 8.19. The minimum absolute atomic E-state index is 0.168. The molecule has 0 aliphatic rings. The zero-order chi connectivity index (χ0) is 10.8. The molecule has 0 heterocycles. The quantitative estimate of drug-likeness (QED) is 0.444. The predicted octanol–water partition coefficient (Wildman–Crippen LogP) is 1.56. The highest BCUT2D eigenvalue weighted by molar-refractivity contribution is 4.81. The first-order valence-electron chi connectivity index (χ1n) is 4.64. The molecule has 0 aromatic rings. The highest BCUT2D eigenvalue weighted by Gasteiger charge is 1.96. The van der Waals surface area contributed by atoms with Crippen molar-refractivity contribution in [2.45, 2.75) is 26.4 Å². The van der Waals surface area contributed by atoms with Crippen molar-refractivity contribution in [3.05, 3.63) is 12.2 Å². The van der Waals surface area contributed by atoms with Crippen LogP contribution in [0.25, 0.3) is 0 Å². The van der Waals surface area contributed by atoms with E-state index < -0.39 is 0 Å². The van der Waals surface area contributed by atoms with E-state index in [-0.39, 0.29) is 12.6 Å². The Morgan fingerprint density at radius 3 is 1.50 bits per heavy atom. The van der Waals surface area contributed by atoms with Crippen molar-refractivity contribution in [2.75, 3.05) is 27.4 Å². The Morgan fingerprint density at radius 1 is 0.857 bits per heavy atom. The SMILES string of the molecule is COC(C)OCC=CCOC(C)OC. The molecular weight excluding hydrogens is 184 g/mol. The molecule has 0 amide bonds. The standard InChI is InChI=1S/C10H20O4/c1-9(11-3)13-7-5-6-8-14-10(2)12-4/h5-6,9-10H,7-8H2,1-4H3. The van der Waals surface area contributed by atoms with E-state index in [1.165, 1.54) is 0 Å². The van der Waals surface area contributed by atoms with Crippen molar-refractivity contribution in [3.8, 4) is 0 Å². The molecule has 0 N–H and O–H groups in total. The molecule has 0 fully saturated rings. The fourth-order valence-electron chi connectivity index (χ4n) is 0.654. The van der Waals surface area contributed by atoms with E-state index in [0.29, 0.717) is 13.2 Å². The summed E-state index contributed by atoms with van der Waals surface area (Å²) in [5, 5.41) is 0. The van der Waals surface area contributed by atoms with Crippen LogP contribution >= 0.6 is 0 Å². The van der Waals surface area contributed by atoms with Crippen LogP contribution in [-0.2, 0) is 18.9 Å². The third-order valence-electron chi connectivity index (χ3n) is 1.68. The van der Waals surface area contributed by atoms with Crippen LogP contribution in [0.15, 0.2) is 12.2 Å². The van der Waals surface area contributed by atoms with Gasteiger partial charge in [0, 0.05) is 14.2 Å². The van der Waals surface area contributed by atoms with Gasteiger partial charge >= 0.3 is 0 Å². The summed E-state index contributed by atoms with van der Waals surface area (Å²) in [4.78, 5) is 0. The van der Waals surface area contributed by atoms with Crippen molar-refractivity contribution >= 4 is 0 Å². The van der Waals surface area contributed by atoms with E-state index in [0.717, 1.165) is 0 Å². The minimum Gasteiger partial charge on any atom is -0.356 e. The first kappa shape index (κ1) is 13.6. The fraction of sp³-hybridized carbons (Fsp3) is 0.800. The molecule has 0 aromatic heterocycles. The summed E-state index contributed by atoms with van der Waals surface area (Å²) in [5.74, 6) is 0. The first-order chi connectivity index (χ1) is 6.70. The smallest absolute Gasteiger partial charge is 0.154 e. The van der Waals surface area contributed by atoms with E-state index in [4.69, 9.17) is 18.9 Å². The lowest BCUT2D eigenvalue weighted by molar-refractivity contribution is -0.104. The Hall–Kier alpha value is -0.420. The van der Waals surface area contributed by atoms with E-state index in [1.807, 2.05) is 26.0 Å². The number of hydrogen-bond acceptors (Lipinski definition) is 4. The van der Waals surface area contributed by atoms with Gasteiger partial charge in [0.1, 0.15) is 0 Å². The molecule has 0 saturated carbocycles. The second-order valence-electron chi connectivity index (χ2n) is 2.74. The Kier molecular flexibility index (Phi) is 8.87. The molecule has 0 rings (SSSR count). The van der Waals surface area contributed by atoms with E-state index in [1.54, 1.807) is 14.2 Å². The van der Waals surface area contributed by atoms with Crippen molar-refractivity contribution in [1.82, 2.24) is 0 Å². The molecule has 4 nitrogen and oxygen atoms in total. The van der Waals surface area contributed by atoms with Gasteiger partial charge in [-0.2, -0.15) is 0 Å². The lowest BCUT2D eigenvalue weighted by atomic mass is 10.5. The highest BCUT2D eigenvalue weighted by Crippen LogP contribution is 1.92. The van der Waals surface area contributed by atoms with Crippen LogP contribution in [0.2, 0.25) is 0 Å². The van der Waals surface area contributed by atoms with Gasteiger partial charge < -0.3 is 18.9 Å². The monoisotopic (exact) mass is 204 g/mol. The summed E-state index contributed by atoms with van der Waals surface area (Å²) in [6.07, 6.45) is 3.44. The summed E-state index contributed by atoms with van der Waals surface area (Å²) in [5.41, 5.74) is 0. The molecule has 14 heavy (non-hydrogen) atoms. The molecule has 4 heteroatoms. The minimum atomic E-state index is -0.168. The van der Waals surface area contributed by atoms with Crippen LogP contribution in [-0.4, -0.2) is 40.0 Å². The van der Waals surface area contributed by atoms with Gasteiger partial charge in [-0.3, -0.25) is 0 Å². The van der Waals surface area contributed by atoms with Gasteiger partial charge in [-0.25, -0.2) is 0 Å². The van der Waals surface area contributed by atoms with Crippen LogP contribution in [0.3, 0.4) is 0 Å². The molecule has 2 unspecified atom stereocenters. The number of methoxy groups -OCH3 is 2. The van der Waals surface area contributed by atoms with E-state index >= 15 is 0 Å². The van der Waals surface area contributed by atoms with Crippen LogP contribution < -0.4 is 0 Å². The second-order valence-corrected chi connectivity index (χ2v) is 2.74. The van der Waals surface area contributed by atoms with Crippen LogP contribution in [0.1, 0.15) is 13.8 Å². The van der Waals surface area contributed by atoms with E-state index in [9.17, 15) is 0 Å². The molecule has 0 aliphatic heterocycles. The topological polar surface area (TPSA) is 36.9 Å². The zero-order valence-corrected chi connectivity index (χ0v) is 9.36. The zero-order valence-electron chi connectivity index (χ0n) is 9.36. The molecule has 84 valence electrons. The van der Waals surface area contributed by atoms with Gasteiger partial charge in [0.2, 0.25) is 0 Å². The van der Waals surface area contributed by atoms with Crippen molar-refractivity contribution < 1.29 is 18.9 Å². The fourth-order valence-corrected chi connectivity index (χ4v) is 0.654. The van der Waals surface area contributed by atoms with Crippen LogP contribution in [0, 0.1) is 0 Å². The van der Waals surface area contributed by atoms with Crippen LogP contribution in [0.4, 0.5) is 0 Å². The van der Waals surface area contributed by atoms with Gasteiger partial charge in [-0.15, -0.1) is 0 Å². The molecular formula is C10H20O4. The van der Waals surface area contributed by atoms with Crippen molar-refractivity contribution in [3.63, 3.8) is 0 Å². The average molecular weight is 204 g/mol. The Balaban J connectivity index is 3.27. The molecule has 0 saturated heterocycles. The Labute approximate surface area is 85.8 Å². The maximum Gasteiger partial charge on any atom is 0.154 e. The Morgan fingerprint density at radius 2 is 1.21 bits per heavy atom. The maximum absolute atomic E-state index is 5.23. The summed E-state index contributed by atoms with van der Waals surface area (Å²) in [6, 6.07) is 0. The molecule has 0 radical (unpaired) electrons. The summed E-state index contributed by atoms with van der Waals surface area (Å²) in [7, 11) is 3.22. The number of ether oxygens (including phenoxy) is 4. The molecule has 0 aliphatic carbocycles. The van der Waals surface area contributed by atoms with Crippen molar-refractivity contribution in [1.29, 1.82) is 0 Å². The lowest BCUT2D eigenvalue weighted by Crippen LogP contribution is -2.11. The summed E-state index contributed by atoms with van der Waals surface area (Å²) >= 11 is 0. The van der Waals surface area contributed by atoms with Crippen LogP contribution in [0.5, 0.6) is 0 Å². The molecule has 0 aromatic carbocycles. The van der Waals surface area contributed by atoms with Crippen molar-refractivity contribution in [2.24, 2.45) is 0 Å². The van der Waals surface area contributed by atoms with E-state index in [2.05, 4.69) is 0 Å². The largest absolute Gasteiger partial charge is 0.356 e.